The van der Waals surface area contributed by atoms with Gasteiger partial charge < -0.3 is 15.1 Å². The maximum atomic E-state index is 12.6. The average Bonchev–Trinajstić information content (AvgIpc) is 3.13. The highest BCUT2D eigenvalue weighted by Gasteiger charge is 2.29. The fourth-order valence-electron chi connectivity index (χ4n) is 2.11. The van der Waals surface area contributed by atoms with Crippen molar-refractivity contribution < 1.29 is 22.4 Å². The van der Waals surface area contributed by atoms with Crippen molar-refractivity contribution in [3.8, 4) is 0 Å². The molecule has 2 aromatic heterocycles. The van der Waals surface area contributed by atoms with E-state index in [-0.39, 0.29) is 18.1 Å². The molecule has 134 valence electrons. The van der Waals surface area contributed by atoms with Crippen molar-refractivity contribution in [2.24, 2.45) is 0 Å². The van der Waals surface area contributed by atoms with E-state index in [1.807, 2.05) is 0 Å². The van der Waals surface area contributed by atoms with Gasteiger partial charge in [0, 0.05) is 11.8 Å². The minimum Gasteiger partial charge on any atom is -0.467 e. The first kappa shape index (κ1) is 17.5. The summed E-state index contributed by atoms with van der Waals surface area (Å²) in [6.45, 7) is 0.206. The molecule has 0 fully saturated rings. The highest BCUT2D eigenvalue weighted by atomic mass is 19.4. The molecule has 0 aliphatic carbocycles. The van der Waals surface area contributed by atoms with E-state index in [9.17, 15) is 18.0 Å². The van der Waals surface area contributed by atoms with Crippen LogP contribution in [0.15, 0.2) is 59.5 Å². The van der Waals surface area contributed by atoms with Gasteiger partial charge in [0.15, 0.2) is 0 Å². The largest absolute Gasteiger partial charge is 0.467 e. The van der Waals surface area contributed by atoms with Gasteiger partial charge in [-0.25, -0.2) is 9.97 Å². The van der Waals surface area contributed by atoms with Crippen LogP contribution in [0.1, 0.15) is 21.8 Å². The lowest BCUT2D eigenvalue weighted by Gasteiger charge is -2.09. The maximum absolute atomic E-state index is 12.6. The summed E-state index contributed by atoms with van der Waals surface area (Å²) in [4.78, 5) is 19.9. The molecule has 2 heterocycles. The predicted molar refractivity (Wildman–Crippen MR) is 86.6 cm³/mol. The van der Waals surface area contributed by atoms with E-state index in [0.717, 1.165) is 12.1 Å². The van der Waals surface area contributed by atoms with E-state index >= 15 is 0 Å². The number of hydrogen-bond donors (Lipinski definition) is 2. The first-order valence-corrected chi connectivity index (χ1v) is 7.49. The minimum absolute atomic E-state index is 0.112. The summed E-state index contributed by atoms with van der Waals surface area (Å²) in [5.41, 5.74) is -0.233. The Hall–Kier alpha value is -3.36. The van der Waals surface area contributed by atoms with Gasteiger partial charge in [-0.3, -0.25) is 4.79 Å². The second-order valence-electron chi connectivity index (χ2n) is 5.25. The maximum Gasteiger partial charge on any atom is 0.416 e. The standard InChI is InChI=1S/C17H13F3N4O2/c18-17(19,20)11-3-5-12(6-4-11)24-15-8-14(22-10-23-15)16(25)21-9-13-2-1-7-26-13/h1-8,10H,9H2,(H,21,25)(H,22,23,24). The number of benzene rings is 1. The third-order valence-electron chi connectivity index (χ3n) is 3.39. The molecule has 0 saturated heterocycles. The van der Waals surface area contributed by atoms with Crippen LogP contribution in [-0.2, 0) is 12.7 Å². The lowest BCUT2D eigenvalue weighted by atomic mass is 10.2. The number of nitrogens with one attached hydrogen (secondary N) is 2. The molecule has 26 heavy (non-hydrogen) atoms. The van der Waals surface area contributed by atoms with Gasteiger partial charge >= 0.3 is 6.18 Å². The molecule has 6 nitrogen and oxygen atoms in total. The van der Waals surface area contributed by atoms with E-state index in [4.69, 9.17) is 4.42 Å². The summed E-state index contributed by atoms with van der Waals surface area (Å²) in [5.74, 6) is 0.442. The Kier molecular flexibility index (Phi) is 4.87. The quantitative estimate of drug-likeness (QED) is 0.722. The van der Waals surface area contributed by atoms with Crippen molar-refractivity contribution in [1.82, 2.24) is 15.3 Å². The van der Waals surface area contributed by atoms with Gasteiger partial charge in [-0.1, -0.05) is 0 Å². The van der Waals surface area contributed by atoms with Gasteiger partial charge in [-0.05, 0) is 36.4 Å². The molecular weight excluding hydrogens is 349 g/mol. The molecule has 3 rings (SSSR count). The predicted octanol–water partition coefficient (Wildman–Crippen LogP) is 3.76. The topological polar surface area (TPSA) is 80.0 Å². The SMILES string of the molecule is O=C(NCc1ccco1)c1cc(Nc2ccc(C(F)(F)F)cc2)ncn1. The van der Waals surface area contributed by atoms with Crippen LogP contribution in [-0.4, -0.2) is 15.9 Å². The number of hydrogen-bond acceptors (Lipinski definition) is 5. The molecule has 0 aliphatic heterocycles. The van der Waals surface area contributed by atoms with Crippen molar-refractivity contribution in [2.75, 3.05) is 5.32 Å². The van der Waals surface area contributed by atoms with E-state index in [1.165, 1.54) is 30.8 Å². The first-order chi connectivity index (χ1) is 12.4. The van der Waals surface area contributed by atoms with Crippen molar-refractivity contribution in [1.29, 1.82) is 0 Å². The summed E-state index contributed by atoms with van der Waals surface area (Å²) in [7, 11) is 0. The molecule has 0 unspecified atom stereocenters. The van der Waals surface area contributed by atoms with E-state index in [2.05, 4.69) is 20.6 Å². The summed E-state index contributed by atoms with van der Waals surface area (Å²) in [6.07, 6.45) is -1.71. The normalized spacial score (nSPS) is 11.2. The zero-order chi connectivity index (χ0) is 18.6. The van der Waals surface area contributed by atoms with Crippen molar-refractivity contribution in [3.63, 3.8) is 0 Å². The number of carbonyl (C=O) groups excluding carboxylic acids is 1. The Labute approximate surface area is 146 Å². The lowest BCUT2D eigenvalue weighted by molar-refractivity contribution is -0.137. The van der Waals surface area contributed by atoms with Gasteiger partial charge in [0.05, 0.1) is 18.4 Å². The Bertz CT molecular complexity index is 878. The van der Waals surface area contributed by atoms with E-state index in [0.29, 0.717) is 11.4 Å². The van der Waals surface area contributed by atoms with Crippen molar-refractivity contribution in [3.05, 3.63) is 72.1 Å². The molecule has 0 radical (unpaired) electrons. The molecule has 2 N–H and O–H groups in total. The van der Waals surface area contributed by atoms with Crippen LogP contribution in [0.2, 0.25) is 0 Å². The number of alkyl halides is 3. The average molecular weight is 362 g/mol. The zero-order valence-electron chi connectivity index (χ0n) is 13.2. The monoisotopic (exact) mass is 362 g/mol. The Balaban J connectivity index is 1.66. The fourth-order valence-corrected chi connectivity index (χ4v) is 2.11. The first-order valence-electron chi connectivity index (χ1n) is 7.49. The highest BCUT2D eigenvalue weighted by molar-refractivity contribution is 5.92. The summed E-state index contributed by atoms with van der Waals surface area (Å²) >= 11 is 0. The Morgan fingerprint density at radius 2 is 1.88 bits per heavy atom. The second kappa shape index (κ2) is 7.26. The molecule has 0 spiro atoms. The molecule has 0 bridgehead atoms. The molecule has 1 amide bonds. The second-order valence-corrected chi connectivity index (χ2v) is 5.25. The van der Waals surface area contributed by atoms with Crippen molar-refractivity contribution >= 4 is 17.4 Å². The van der Waals surface area contributed by atoms with E-state index < -0.39 is 17.6 Å². The van der Waals surface area contributed by atoms with Crippen LogP contribution < -0.4 is 10.6 Å². The molecule has 0 atom stereocenters. The number of furan rings is 1. The summed E-state index contributed by atoms with van der Waals surface area (Å²) in [6, 6.07) is 9.30. The van der Waals surface area contributed by atoms with Crippen LogP contribution >= 0.6 is 0 Å². The number of anilines is 2. The number of rotatable bonds is 5. The molecule has 9 heteroatoms. The van der Waals surface area contributed by atoms with Crippen LogP contribution in [0.25, 0.3) is 0 Å². The Morgan fingerprint density at radius 1 is 1.12 bits per heavy atom. The van der Waals surface area contributed by atoms with Crippen LogP contribution in [0.5, 0.6) is 0 Å². The van der Waals surface area contributed by atoms with E-state index in [1.54, 1.807) is 12.1 Å². The summed E-state index contributed by atoms with van der Waals surface area (Å²) < 4.78 is 42.8. The lowest BCUT2D eigenvalue weighted by Crippen LogP contribution is -2.23. The van der Waals surface area contributed by atoms with Gasteiger partial charge in [-0.2, -0.15) is 13.2 Å². The molecule has 3 aromatic rings. The summed E-state index contributed by atoms with van der Waals surface area (Å²) in [5, 5.41) is 5.47. The molecule has 1 aromatic carbocycles. The molecule has 0 saturated carbocycles. The van der Waals surface area contributed by atoms with Crippen LogP contribution in [0.3, 0.4) is 0 Å². The van der Waals surface area contributed by atoms with Crippen LogP contribution in [0, 0.1) is 0 Å². The number of aromatic nitrogens is 2. The number of amides is 1. The molecule has 0 aliphatic rings. The number of nitrogens with zero attached hydrogens (tertiary/aromatic N) is 2. The zero-order valence-corrected chi connectivity index (χ0v) is 13.2. The van der Waals surface area contributed by atoms with Gasteiger partial charge in [0.1, 0.15) is 23.6 Å². The number of carbonyl (C=O) groups is 1. The van der Waals surface area contributed by atoms with Gasteiger partial charge in [0.2, 0.25) is 0 Å². The van der Waals surface area contributed by atoms with Crippen molar-refractivity contribution in [2.45, 2.75) is 12.7 Å². The smallest absolute Gasteiger partial charge is 0.416 e. The van der Waals surface area contributed by atoms with Gasteiger partial charge in [-0.15, -0.1) is 0 Å². The minimum atomic E-state index is -4.40. The highest BCUT2D eigenvalue weighted by Crippen LogP contribution is 2.30. The number of halogens is 3. The Morgan fingerprint density at radius 3 is 2.54 bits per heavy atom. The third kappa shape index (κ3) is 4.38. The molecular formula is C17H13F3N4O2. The third-order valence-corrected chi connectivity index (χ3v) is 3.39. The van der Waals surface area contributed by atoms with Crippen LogP contribution in [0.4, 0.5) is 24.7 Å². The van der Waals surface area contributed by atoms with Gasteiger partial charge in [0.25, 0.3) is 5.91 Å². The fraction of sp³-hybridized carbons (Fsp3) is 0.118.